The molecule has 41 heavy (non-hydrogen) atoms. The molecule has 0 aromatic heterocycles. The number of cyclic esters (lactones) is 1. The summed E-state index contributed by atoms with van der Waals surface area (Å²) in [6.45, 7) is 14.2. The normalized spacial score (nSPS) is 37.5. The molecule has 222 valence electrons. The maximum Gasteiger partial charge on any atom is 0.333 e. The summed E-state index contributed by atoms with van der Waals surface area (Å²) < 4.78 is 21.9. The summed E-state index contributed by atoms with van der Waals surface area (Å²) in [4.78, 5) is 63.0. The molecule has 0 amide bonds. The van der Waals surface area contributed by atoms with Gasteiger partial charge in [-0.3, -0.25) is 19.2 Å². The van der Waals surface area contributed by atoms with Crippen LogP contribution in [0.5, 0.6) is 0 Å². The van der Waals surface area contributed by atoms with E-state index in [2.05, 4.69) is 6.58 Å². The molecule has 1 heterocycles. The zero-order chi connectivity index (χ0) is 30.7. The lowest BCUT2D eigenvalue weighted by Crippen LogP contribution is -2.62. The van der Waals surface area contributed by atoms with Crippen molar-refractivity contribution in [1.82, 2.24) is 0 Å². The second-order valence-corrected chi connectivity index (χ2v) is 12.3. The molecule has 4 rings (SSSR count). The van der Waals surface area contributed by atoms with Crippen molar-refractivity contribution < 1.29 is 48.0 Å². The van der Waals surface area contributed by atoms with Crippen LogP contribution < -0.4 is 0 Å². The average molecular weight is 571 g/mol. The first kappa shape index (κ1) is 30.4. The fourth-order valence-corrected chi connectivity index (χ4v) is 7.77. The predicted molar refractivity (Wildman–Crippen MR) is 144 cm³/mol. The Morgan fingerprint density at radius 3 is 2.27 bits per heavy atom. The molecule has 0 aromatic carbocycles. The van der Waals surface area contributed by atoms with Crippen molar-refractivity contribution in [1.29, 1.82) is 0 Å². The number of aliphatic hydroxyl groups excluding tert-OH is 1. The number of hydrogen-bond acceptors (Lipinski definition) is 10. The summed E-state index contributed by atoms with van der Waals surface area (Å²) in [5.74, 6) is -4.48. The number of methoxy groups -OCH3 is 1. The van der Waals surface area contributed by atoms with Crippen molar-refractivity contribution in [2.45, 2.75) is 72.9 Å². The van der Waals surface area contributed by atoms with Crippen LogP contribution in [0.3, 0.4) is 0 Å². The minimum Gasteiger partial charge on any atom is -0.469 e. The molecule has 1 fully saturated rings. The van der Waals surface area contributed by atoms with Crippen molar-refractivity contribution in [3.8, 4) is 0 Å². The van der Waals surface area contributed by atoms with Gasteiger partial charge in [-0.05, 0) is 29.6 Å². The molecule has 1 N–H and O–H groups in total. The smallest absolute Gasteiger partial charge is 0.333 e. The number of carbonyl (C=O) groups is 5. The number of carbonyl (C=O) groups excluding carboxylic acids is 5. The van der Waals surface area contributed by atoms with Crippen LogP contribution in [0.2, 0.25) is 0 Å². The number of aliphatic hydroxyl groups is 1. The average Bonchev–Trinajstić information content (AvgIpc) is 3.39. The summed E-state index contributed by atoms with van der Waals surface area (Å²) in [5, 5.41) is 10.6. The molecule has 0 spiro atoms. The highest BCUT2D eigenvalue weighted by molar-refractivity contribution is 5.96. The van der Waals surface area contributed by atoms with E-state index < -0.39 is 76.4 Å². The van der Waals surface area contributed by atoms with Crippen LogP contribution in [0.4, 0.5) is 0 Å². The van der Waals surface area contributed by atoms with Crippen molar-refractivity contribution in [3.63, 3.8) is 0 Å². The second kappa shape index (κ2) is 10.4. The van der Waals surface area contributed by atoms with E-state index in [1.807, 2.05) is 19.9 Å². The van der Waals surface area contributed by atoms with Gasteiger partial charge in [-0.15, -0.1) is 0 Å². The standard InChI is InChI=1S/C31H38O10/c1-15-19-9-10-20(18-13-24(36)41-28(18)37)31(19,7)27(40-17(3)33)26(39-16(2)32)25(15)30(6)12-11-22(34)29(4,5)21(30)14-23(35)38-8/h9,11-13,20-21,25-28,37H,1,10,14H2,2-8H3/t20-,21-,25?,26+,27-,28?,30-,31+/m0/s1. The first-order chi connectivity index (χ1) is 19.0. The molecule has 0 bridgehead atoms. The van der Waals surface area contributed by atoms with E-state index in [1.165, 1.54) is 33.1 Å². The van der Waals surface area contributed by atoms with Crippen molar-refractivity contribution in [3.05, 3.63) is 47.6 Å². The van der Waals surface area contributed by atoms with E-state index in [0.29, 0.717) is 17.6 Å². The third-order valence-corrected chi connectivity index (χ3v) is 9.72. The third kappa shape index (κ3) is 4.75. The molecule has 1 saturated carbocycles. The van der Waals surface area contributed by atoms with Gasteiger partial charge in [0.25, 0.3) is 0 Å². The summed E-state index contributed by atoms with van der Waals surface area (Å²) in [6, 6.07) is 0. The Hall–Kier alpha value is -3.53. The van der Waals surface area contributed by atoms with Crippen LogP contribution in [0.25, 0.3) is 0 Å². The summed E-state index contributed by atoms with van der Waals surface area (Å²) in [5.41, 5.74) is -1.44. The highest BCUT2D eigenvalue weighted by Crippen LogP contribution is 2.65. The minimum absolute atomic E-state index is 0.0949. The first-order valence-corrected chi connectivity index (χ1v) is 13.6. The van der Waals surface area contributed by atoms with Gasteiger partial charge in [-0.25, -0.2) is 4.79 Å². The van der Waals surface area contributed by atoms with Crippen LogP contribution in [0, 0.1) is 34.0 Å². The van der Waals surface area contributed by atoms with E-state index in [-0.39, 0.29) is 12.2 Å². The largest absolute Gasteiger partial charge is 0.469 e. The van der Waals surface area contributed by atoms with Gasteiger partial charge in [0.05, 0.1) is 13.5 Å². The SMILES string of the molecule is C=C1C2=CC[C@@H](C3=CC(=O)OC3O)[C@]2(C)[C@@H](OC(C)=O)[C@H](OC(C)=O)C1[C@@]1(C)C=CC(=O)C(C)(C)[C@@H]1CC(=O)OC. The van der Waals surface area contributed by atoms with Gasteiger partial charge in [0.15, 0.2) is 5.78 Å². The number of esters is 4. The van der Waals surface area contributed by atoms with Gasteiger partial charge in [-0.2, -0.15) is 0 Å². The number of hydrogen-bond donors (Lipinski definition) is 1. The molecule has 0 aromatic rings. The molecule has 4 aliphatic rings. The summed E-state index contributed by atoms with van der Waals surface area (Å²) in [7, 11) is 1.28. The van der Waals surface area contributed by atoms with Gasteiger partial charge in [-0.1, -0.05) is 46.4 Å². The molecule has 0 radical (unpaired) electrons. The predicted octanol–water partition coefficient (Wildman–Crippen LogP) is 3.14. The van der Waals surface area contributed by atoms with E-state index >= 15 is 0 Å². The summed E-state index contributed by atoms with van der Waals surface area (Å²) in [6.07, 6.45) is 3.01. The third-order valence-electron chi connectivity index (χ3n) is 9.72. The molecule has 1 aliphatic heterocycles. The molecule has 10 nitrogen and oxygen atoms in total. The van der Waals surface area contributed by atoms with Crippen LogP contribution in [-0.2, 0) is 42.9 Å². The maximum atomic E-state index is 13.1. The monoisotopic (exact) mass is 570 g/mol. The van der Waals surface area contributed by atoms with Gasteiger partial charge >= 0.3 is 23.9 Å². The second-order valence-electron chi connectivity index (χ2n) is 12.3. The molecule has 0 saturated heterocycles. The molecule has 3 aliphatic carbocycles. The van der Waals surface area contributed by atoms with Crippen LogP contribution in [0.1, 0.15) is 54.4 Å². The molecular formula is C31H38O10. The van der Waals surface area contributed by atoms with Crippen molar-refractivity contribution in [2.24, 2.45) is 34.0 Å². The molecule has 8 atom stereocenters. The fourth-order valence-electron chi connectivity index (χ4n) is 7.77. The Labute approximate surface area is 239 Å². The Bertz CT molecular complexity index is 1300. The zero-order valence-corrected chi connectivity index (χ0v) is 24.5. The first-order valence-electron chi connectivity index (χ1n) is 13.6. The highest BCUT2D eigenvalue weighted by atomic mass is 16.6. The molecule has 2 unspecified atom stereocenters. The lowest BCUT2D eigenvalue weighted by molar-refractivity contribution is -0.192. The van der Waals surface area contributed by atoms with E-state index in [1.54, 1.807) is 19.9 Å². The van der Waals surface area contributed by atoms with Crippen molar-refractivity contribution >= 4 is 29.7 Å². The fraction of sp³-hybridized carbons (Fsp3) is 0.581. The van der Waals surface area contributed by atoms with Crippen LogP contribution >= 0.6 is 0 Å². The van der Waals surface area contributed by atoms with E-state index in [9.17, 15) is 29.1 Å². The zero-order valence-electron chi connectivity index (χ0n) is 24.5. The Kier molecular flexibility index (Phi) is 7.71. The lowest BCUT2D eigenvalue weighted by atomic mass is 9.47. The van der Waals surface area contributed by atoms with Crippen LogP contribution in [0.15, 0.2) is 47.6 Å². The van der Waals surface area contributed by atoms with Crippen LogP contribution in [-0.4, -0.2) is 60.4 Å². The minimum atomic E-state index is -1.47. The number of rotatable bonds is 6. The van der Waals surface area contributed by atoms with Gasteiger partial charge in [0.1, 0.15) is 12.2 Å². The Morgan fingerprint density at radius 1 is 1.10 bits per heavy atom. The van der Waals surface area contributed by atoms with E-state index in [0.717, 1.165) is 5.57 Å². The lowest BCUT2D eigenvalue weighted by Gasteiger charge is -2.58. The van der Waals surface area contributed by atoms with Gasteiger partial charge < -0.3 is 24.1 Å². The molecular weight excluding hydrogens is 532 g/mol. The quantitative estimate of drug-likeness (QED) is 0.374. The highest BCUT2D eigenvalue weighted by Gasteiger charge is 2.66. The number of ether oxygens (including phenoxy) is 4. The summed E-state index contributed by atoms with van der Waals surface area (Å²) >= 11 is 0. The van der Waals surface area contributed by atoms with Gasteiger partial charge in [0.2, 0.25) is 6.29 Å². The molecule has 10 heteroatoms. The number of fused-ring (bicyclic) bond motifs is 1. The van der Waals surface area contributed by atoms with E-state index in [4.69, 9.17) is 18.9 Å². The Morgan fingerprint density at radius 2 is 1.73 bits per heavy atom. The topological polar surface area (TPSA) is 142 Å². The Balaban J connectivity index is 1.94. The van der Waals surface area contributed by atoms with Gasteiger partial charge in [0, 0.05) is 53.6 Å². The van der Waals surface area contributed by atoms with Crippen molar-refractivity contribution in [2.75, 3.05) is 7.11 Å². The number of allylic oxidation sites excluding steroid dienone is 3. The number of ketones is 1. The maximum absolute atomic E-state index is 13.1.